The third-order valence-electron chi connectivity index (χ3n) is 24.5. The first-order valence-corrected chi connectivity index (χ1v) is 38.7. The normalized spacial score (nSPS) is 13.3. The van der Waals surface area contributed by atoms with Crippen molar-refractivity contribution in [3.05, 3.63) is 432 Å². The van der Waals surface area contributed by atoms with Crippen LogP contribution in [0.3, 0.4) is 0 Å². The van der Waals surface area contributed by atoms with E-state index in [4.69, 9.17) is 8.75 Å². The first-order chi connectivity index (χ1) is 54.4. The quantitative estimate of drug-likeness (QED) is 0.137. The molecule has 23 rings (SSSR count). The highest BCUT2D eigenvalue weighted by molar-refractivity contribution is 7.00. The van der Waals surface area contributed by atoms with E-state index in [1.165, 1.54) is 150 Å². The molecule has 4 aliphatic rings. The minimum Gasteiger partial charge on any atom is -0.309 e. The predicted octanol–water partition coefficient (Wildman–Crippen LogP) is 27.3. The number of hydrogen-bond donors (Lipinski definition) is 0. The van der Waals surface area contributed by atoms with Crippen LogP contribution in [0.4, 0.5) is 17.1 Å². The molecule has 2 heterocycles. The molecule has 5 heteroatoms. The average Bonchev–Trinajstić information content (AvgIpc) is 1.51. The Hall–Kier alpha value is -13.8. The van der Waals surface area contributed by atoms with Crippen molar-refractivity contribution in [1.82, 2.24) is 13.3 Å². The van der Waals surface area contributed by atoms with Gasteiger partial charge in [0.1, 0.15) is 11.0 Å². The summed E-state index contributed by atoms with van der Waals surface area (Å²) in [6, 6.07) is 143. The van der Waals surface area contributed by atoms with E-state index in [0.29, 0.717) is 0 Å². The Bertz CT molecular complexity index is 6580. The van der Waals surface area contributed by atoms with E-state index < -0.39 is 10.8 Å². The van der Waals surface area contributed by atoms with Crippen LogP contribution >= 0.6 is 11.7 Å². The van der Waals surface area contributed by atoms with Gasteiger partial charge in [-0.25, -0.2) is 0 Å². The van der Waals surface area contributed by atoms with E-state index in [1.54, 1.807) is 0 Å². The topological polar surface area (TPSA) is 34.0 Å². The lowest BCUT2D eigenvalue weighted by molar-refractivity contribution is 0.794. The molecule has 0 amide bonds. The molecule has 4 aliphatic carbocycles. The summed E-state index contributed by atoms with van der Waals surface area (Å²) >= 11 is 1.26. The first kappa shape index (κ1) is 62.4. The number of hydrogen-bond acceptors (Lipinski definition) is 4. The zero-order valence-electron chi connectivity index (χ0n) is 60.1. The van der Waals surface area contributed by atoms with E-state index in [2.05, 4.69) is 399 Å². The summed E-state index contributed by atoms with van der Waals surface area (Å²) in [5.41, 5.74) is 43.8. The van der Waals surface area contributed by atoms with Crippen molar-refractivity contribution in [2.24, 2.45) is 0 Å². The number of anilines is 3. The van der Waals surface area contributed by atoms with Crippen LogP contribution in [0, 0.1) is 6.92 Å². The summed E-state index contributed by atoms with van der Waals surface area (Å²) in [5.74, 6) is 0. The molecule has 512 valence electrons. The van der Waals surface area contributed by atoms with E-state index in [-0.39, 0.29) is 0 Å². The highest BCUT2D eigenvalue weighted by Gasteiger charge is 2.53. The van der Waals surface area contributed by atoms with Gasteiger partial charge in [0, 0.05) is 33.4 Å². The molecule has 0 fully saturated rings. The van der Waals surface area contributed by atoms with E-state index in [1.807, 2.05) is 0 Å². The number of benzene rings is 17. The van der Waals surface area contributed by atoms with Gasteiger partial charge in [0.15, 0.2) is 0 Å². The van der Waals surface area contributed by atoms with Gasteiger partial charge in [-0.15, -0.1) is 0 Å². The SMILES string of the molecule is Cc1ccc(-c2ccc(N(c3ccccc3)c3ccc(-c4ccc(-n5c6ccc(-c7ccc(-c8ccc9c(c8)C8(c%10ccccc%10-c%10ccccc%108)c8ccccc8-9)cc7)cc6c6cc(-c7ccc(-c8ccc9c(c8)C8(c%10ccccc%10-c%10ccccc%108)c8ccccc8-9)cc7)ccc65)cc4)c4nsnc34)cc2)cc1. The zero-order valence-corrected chi connectivity index (χ0v) is 60.9. The maximum absolute atomic E-state index is 5.04. The fourth-order valence-electron chi connectivity index (χ4n) is 19.5. The molecule has 19 aromatic rings. The Labute approximate surface area is 642 Å². The monoisotopic (exact) mass is 1410 g/mol. The van der Waals surface area contributed by atoms with Crippen molar-refractivity contribution in [2.45, 2.75) is 17.8 Å². The van der Waals surface area contributed by atoms with Crippen LogP contribution in [0.5, 0.6) is 0 Å². The number of nitrogens with zero attached hydrogens (tertiary/aromatic N) is 4. The lowest BCUT2D eigenvalue weighted by Crippen LogP contribution is -2.25. The number of fused-ring (bicyclic) bond motifs is 24. The zero-order chi connectivity index (χ0) is 72.3. The van der Waals surface area contributed by atoms with Crippen LogP contribution in [-0.4, -0.2) is 13.3 Å². The largest absolute Gasteiger partial charge is 0.309 e. The minimum atomic E-state index is -0.407. The van der Waals surface area contributed by atoms with E-state index in [9.17, 15) is 0 Å². The molecule has 0 aliphatic heterocycles. The average molecular weight is 1420 g/mol. The molecular weight excluding hydrogens is 1350 g/mol. The van der Waals surface area contributed by atoms with Crippen molar-refractivity contribution >= 4 is 61.6 Å². The van der Waals surface area contributed by atoms with Crippen molar-refractivity contribution in [1.29, 1.82) is 0 Å². The predicted molar refractivity (Wildman–Crippen MR) is 456 cm³/mol. The lowest BCUT2D eigenvalue weighted by atomic mass is 9.70. The third kappa shape index (κ3) is 9.01. The van der Waals surface area contributed by atoms with Gasteiger partial charge in [-0.3, -0.25) is 0 Å². The van der Waals surface area contributed by atoms with Gasteiger partial charge in [0.25, 0.3) is 0 Å². The third-order valence-corrected chi connectivity index (χ3v) is 25.0. The highest BCUT2D eigenvalue weighted by Crippen LogP contribution is 2.65. The summed E-state index contributed by atoms with van der Waals surface area (Å²) in [4.78, 5) is 2.30. The van der Waals surface area contributed by atoms with Crippen LogP contribution in [0.15, 0.2) is 382 Å². The Morgan fingerprint density at radius 3 is 0.982 bits per heavy atom. The maximum atomic E-state index is 5.04. The standard InChI is InChI=1S/C105H66N4S/c1-65-31-33-66(34-32-65)67-43-51-78(52-44-67)108(77-17-3-2-4-18-77)101-60-57-80(102-103(101)107-110-106-102)72-45-53-79(54-46-72)109-99-58-49-73(68-35-39-70(40-36-68)75-47-55-87-85-23-9-15-29-95(85)104(97(87)63-75)91-25-11-5-19-81(91)82-20-6-12-26-92(82)104)61-89(99)90-62-74(50-59-100(90)109)69-37-41-71(42-38-69)76-48-56-88-86-24-10-16-30-96(86)105(98(88)64-76)93-27-13-7-21-83(93)84-22-8-14-28-94(84)105/h2-64H,1H3. The Morgan fingerprint density at radius 2 is 0.555 bits per heavy atom. The summed E-state index contributed by atoms with van der Waals surface area (Å²) in [7, 11) is 0. The number of aryl methyl sites for hydroxylation is 1. The van der Waals surface area contributed by atoms with Crippen molar-refractivity contribution in [3.8, 4) is 117 Å². The second-order valence-corrected chi connectivity index (χ2v) is 30.5. The van der Waals surface area contributed by atoms with Crippen LogP contribution in [-0.2, 0) is 10.8 Å². The Balaban J connectivity index is 0.618. The van der Waals surface area contributed by atoms with E-state index in [0.717, 1.165) is 78.2 Å². The van der Waals surface area contributed by atoms with Gasteiger partial charge in [-0.1, -0.05) is 303 Å². The molecule has 0 unspecified atom stereocenters. The van der Waals surface area contributed by atoms with Crippen molar-refractivity contribution in [3.63, 3.8) is 0 Å². The van der Waals surface area contributed by atoms with Crippen LogP contribution in [0.2, 0.25) is 0 Å². The van der Waals surface area contributed by atoms with Crippen LogP contribution in [0.25, 0.3) is 150 Å². The number of rotatable bonds is 10. The molecule has 0 saturated carbocycles. The van der Waals surface area contributed by atoms with Gasteiger partial charge in [-0.05, 0) is 242 Å². The molecular formula is C105H66N4S. The molecule has 0 atom stereocenters. The van der Waals surface area contributed by atoms with Gasteiger partial charge < -0.3 is 9.47 Å². The second-order valence-electron chi connectivity index (χ2n) is 30.0. The summed E-state index contributed by atoms with van der Waals surface area (Å²) in [6.07, 6.45) is 0. The van der Waals surface area contributed by atoms with Gasteiger partial charge in [-0.2, -0.15) is 8.75 Å². The second kappa shape index (κ2) is 24.1. The van der Waals surface area contributed by atoms with Gasteiger partial charge in [0.2, 0.25) is 0 Å². The number of aromatic nitrogens is 3. The summed E-state index contributed by atoms with van der Waals surface area (Å²) in [6.45, 7) is 2.13. The van der Waals surface area contributed by atoms with Crippen LogP contribution < -0.4 is 4.90 Å². The maximum Gasteiger partial charge on any atom is 0.129 e. The lowest BCUT2D eigenvalue weighted by Gasteiger charge is -2.30. The highest BCUT2D eigenvalue weighted by atomic mass is 32.1. The molecule has 0 saturated heterocycles. The van der Waals surface area contributed by atoms with Crippen LogP contribution in [0.1, 0.15) is 50.1 Å². The Morgan fingerprint density at radius 1 is 0.245 bits per heavy atom. The molecule has 0 bridgehead atoms. The summed E-state index contributed by atoms with van der Waals surface area (Å²) in [5, 5.41) is 2.37. The first-order valence-electron chi connectivity index (χ1n) is 38.0. The Kier molecular flexibility index (Phi) is 13.7. The van der Waals surface area contributed by atoms with Gasteiger partial charge >= 0.3 is 0 Å². The van der Waals surface area contributed by atoms with Crippen molar-refractivity contribution in [2.75, 3.05) is 4.90 Å². The molecule has 110 heavy (non-hydrogen) atoms. The van der Waals surface area contributed by atoms with Gasteiger partial charge in [0.05, 0.1) is 39.3 Å². The fraction of sp³-hybridized carbons (Fsp3) is 0.0286. The van der Waals surface area contributed by atoms with Crippen molar-refractivity contribution < 1.29 is 0 Å². The molecule has 2 spiro atoms. The summed E-state index contributed by atoms with van der Waals surface area (Å²) < 4.78 is 12.5. The number of para-hydroxylation sites is 1. The smallest absolute Gasteiger partial charge is 0.129 e. The molecule has 2 aromatic heterocycles. The molecule has 4 nitrogen and oxygen atoms in total. The molecule has 17 aromatic carbocycles. The van der Waals surface area contributed by atoms with E-state index >= 15 is 0 Å². The molecule has 0 N–H and O–H groups in total. The minimum absolute atomic E-state index is 0.407. The fourth-order valence-corrected chi connectivity index (χ4v) is 20.1. The molecule has 0 radical (unpaired) electrons.